The van der Waals surface area contributed by atoms with Crippen molar-refractivity contribution in [2.75, 3.05) is 6.61 Å². The highest BCUT2D eigenvalue weighted by Crippen LogP contribution is 2.28. The van der Waals surface area contributed by atoms with Crippen molar-refractivity contribution in [2.45, 2.75) is 25.5 Å². The molecule has 82 valence electrons. The zero-order chi connectivity index (χ0) is 10.9. The molecule has 0 aromatic rings. The fourth-order valence-electron chi connectivity index (χ4n) is 1.01. The van der Waals surface area contributed by atoms with Gasteiger partial charge in [0, 0.05) is 0 Å². The molecule has 1 aliphatic rings. The fourth-order valence-corrected chi connectivity index (χ4v) is 1.55. The van der Waals surface area contributed by atoms with Crippen LogP contribution in [0, 0.1) is 0 Å². The first kappa shape index (κ1) is 11.5. The van der Waals surface area contributed by atoms with Gasteiger partial charge in [0.1, 0.15) is 11.9 Å². The van der Waals surface area contributed by atoms with Gasteiger partial charge in [-0.3, -0.25) is 0 Å². The molecule has 2 unspecified atom stereocenters. The monoisotopic (exact) mass is 230 g/mol. The Morgan fingerprint density at radius 3 is 2.50 bits per heavy atom. The minimum atomic E-state index is -4.85. The number of alkyl halides is 3. The third-order valence-corrected chi connectivity index (χ3v) is 2.40. The fraction of sp³-hybridized carbons (Fsp3) is 0.714. The molecule has 0 saturated carbocycles. The summed E-state index contributed by atoms with van der Waals surface area (Å²) < 4.78 is 55.5. The van der Waals surface area contributed by atoms with Gasteiger partial charge in [0.2, 0.25) is 0 Å². The van der Waals surface area contributed by atoms with Crippen LogP contribution in [-0.2, 0) is 20.0 Å². The number of ether oxygens (including phenoxy) is 1. The second-order valence-corrected chi connectivity index (χ2v) is 3.96. The van der Waals surface area contributed by atoms with E-state index < -0.39 is 22.7 Å². The van der Waals surface area contributed by atoms with E-state index in [0.29, 0.717) is 5.57 Å². The Morgan fingerprint density at radius 1 is 1.57 bits per heavy atom. The van der Waals surface area contributed by atoms with Crippen molar-refractivity contribution in [1.82, 2.24) is 0 Å². The molecule has 7 heteroatoms. The SMILES string of the molecule is CC1=C(OS(=O)C(F)(F)F)C(C)OC1. The zero-order valence-corrected chi connectivity index (χ0v) is 8.37. The average Bonchev–Trinajstić information content (AvgIpc) is 2.34. The summed E-state index contributed by atoms with van der Waals surface area (Å²) in [5.74, 6) is 0.0145. The molecule has 1 aliphatic heterocycles. The average molecular weight is 230 g/mol. The molecule has 0 fully saturated rings. The van der Waals surface area contributed by atoms with Gasteiger partial charge in [0.15, 0.2) is 0 Å². The Kier molecular flexibility index (Phi) is 3.20. The predicted molar refractivity (Wildman–Crippen MR) is 43.4 cm³/mol. The summed E-state index contributed by atoms with van der Waals surface area (Å²) in [6, 6.07) is 0. The summed E-state index contributed by atoms with van der Waals surface area (Å²) in [6.45, 7) is 3.33. The van der Waals surface area contributed by atoms with Crippen molar-refractivity contribution in [3.63, 3.8) is 0 Å². The van der Waals surface area contributed by atoms with Crippen molar-refractivity contribution < 1.29 is 26.3 Å². The summed E-state index contributed by atoms with van der Waals surface area (Å²) in [4.78, 5) is 0. The molecule has 0 aromatic carbocycles. The second kappa shape index (κ2) is 3.90. The maximum atomic E-state index is 11.9. The van der Waals surface area contributed by atoms with Gasteiger partial charge in [-0.05, 0) is 19.4 Å². The summed E-state index contributed by atoms with van der Waals surface area (Å²) >= 11 is -3.31. The third kappa shape index (κ3) is 2.48. The van der Waals surface area contributed by atoms with Gasteiger partial charge in [-0.2, -0.15) is 13.2 Å². The number of hydrogen-bond donors (Lipinski definition) is 0. The lowest BCUT2D eigenvalue weighted by molar-refractivity contribution is -0.0463. The molecule has 0 bridgehead atoms. The van der Waals surface area contributed by atoms with Gasteiger partial charge in [-0.25, -0.2) is 4.21 Å². The molecular formula is C7H9F3O3S. The van der Waals surface area contributed by atoms with E-state index in [4.69, 9.17) is 4.74 Å². The van der Waals surface area contributed by atoms with Crippen molar-refractivity contribution in [3.8, 4) is 0 Å². The van der Waals surface area contributed by atoms with Crippen molar-refractivity contribution in [3.05, 3.63) is 11.3 Å². The van der Waals surface area contributed by atoms with Gasteiger partial charge in [0.25, 0.3) is 0 Å². The van der Waals surface area contributed by atoms with Crippen LogP contribution in [0.2, 0.25) is 0 Å². The lowest BCUT2D eigenvalue weighted by Gasteiger charge is -2.11. The van der Waals surface area contributed by atoms with Crippen LogP contribution >= 0.6 is 0 Å². The van der Waals surface area contributed by atoms with Gasteiger partial charge in [-0.15, -0.1) is 0 Å². The van der Waals surface area contributed by atoms with Crippen molar-refractivity contribution in [2.24, 2.45) is 0 Å². The molecule has 0 saturated heterocycles. The molecule has 2 atom stereocenters. The van der Waals surface area contributed by atoms with Crippen LogP contribution in [0.4, 0.5) is 13.2 Å². The van der Waals surface area contributed by atoms with E-state index in [0.717, 1.165) is 0 Å². The Morgan fingerprint density at radius 2 is 2.14 bits per heavy atom. The van der Waals surface area contributed by atoms with Crippen LogP contribution in [-0.4, -0.2) is 22.4 Å². The molecular weight excluding hydrogens is 221 g/mol. The number of rotatable bonds is 2. The van der Waals surface area contributed by atoms with E-state index in [1.54, 1.807) is 13.8 Å². The van der Waals surface area contributed by atoms with Crippen LogP contribution in [0.1, 0.15) is 13.8 Å². The first-order valence-corrected chi connectivity index (χ1v) is 4.88. The van der Waals surface area contributed by atoms with Crippen LogP contribution in [0.25, 0.3) is 0 Å². The molecule has 1 rings (SSSR count). The first-order valence-electron chi connectivity index (χ1n) is 3.80. The third-order valence-electron chi connectivity index (χ3n) is 1.69. The number of halogens is 3. The minimum Gasteiger partial charge on any atom is -0.396 e. The predicted octanol–water partition coefficient (Wildman–Crippen LogP) is 1.88. The molecule has 14 heavy (non-hydrogen) atoms. The van der Waals surface area contributed by atoms with Gasteiger partial charge in [-0.1, -0.05) is 0 Å². The van der Waals surface area contributed by atoms with Crippen LogP contribution < -0.4 is 0 Å². The Hall–Kier alpha value is -0.560. The van der Waals surface area contributed by atoms with E-state index in [2.05, 4.69) is 4.18 Å². The van der Waals surface area contributed by atoms with Crippen molar-refractivity contribution >= 4 is 11.1 Å². The van der Waals surface area contributed by atoms with E-state index in [1.165, 1.54) is 0 Å². The van der Waals surface area contributed by atoms with Crippen LogP contribution in [0.15, 0.2) is 11.3 Å². The van der Waals surface area contributed by atoms with Gasteiger partial charge >= 0.3 is 16.6 Å². The van der Waals surface area contributed by atoms with E-state index in [-0.39, 0.29) is 12.4 Å². The highest BCUT2D eigenvalue weighted by atomic mass is 32.2. The number of hydrogen-bond acceptors (Lipinski definition) is 3. The summed E-state index contributed by atoms with van der Waals surface area (Å²) in [5, 5.41) is 0. The Labute approximate surface area is 81.5 Å². The topological polar surface area (TPSA) is 35.5 Å². The molecule has 0 aliphatic carbocycles. The second-order valence-electron chi connectivity index (χ2n) is 2.86. The highest BCUT2D eigenvalue weighted by Gasteiger charge is 2.41. The maximum absolute atomic E-state index is 11.9. The molecule has 0 N–H and O–H groups in total. The summed E-state index contributed by atoms with van der Waals surface area (Å²) in [5.41, 5.74) is -4.31. The first-order chi connectivity index (χ1) is 6.32. The molecule has 3 nitrogen and oxygen atoms in total. The molecule has 0 spiro atoms. The Balaban J connectivity index is 2.70. The summed E-state index contributed by atoms with van der Waals surface area (Å²) in [7, 11) is 0. The van der Waals surface area contributed by atoms with E-state index in [9.17, 15) is 17.4 Å². The van der Waals surface area contributed by atoms with E-state index in [1.807, 2.05) is 0 Å². The lowest BCUT2D eigenvalue weighted by atomic mass is 10.2. The Bertz CT molecular complexity index is 284. The van der Waals surface area contributed by atoms with Gasteiger partial charge in [0.05, 0.1) is 6.61 Å². The largest absolute Gasteiger partial charge is 0.508 e. The summed E-state index contributed by atoms with van der Waals surface area (Å²) in [6.07, 6.45) is -0.568. The zero-order valence-electron chi connectivity index (χ0n) is 7.55. The smallest absolute Gasteiger partial charge is 0.396 e. The highest BCUT2D eigenvalue weighted by molar-refractivity contribution is 7.81. The van der Waals surface area contributed by atoms with Gasteiger partial charge < -0.3 is 8.92 Å². The maximum Gasteiger partial charge on any atom is 0.508 e. The van der Waals surface area contributed by atoms with E-state index >= 15 is 0 Å². The molecule has 0 aromatic heterocycles. The van der Waals surface area contributed by atoms with Crippen LogP contribution in [0.3, 0.4) is 0 Å². The quantitative estimate of drug-likeness (QED) is 0.726. The lowest BCUT2D eigenvalue weighted by Crippen LogP contribution is -2.20. The molecule has 0 amide bonds. The minimum absolute atomic E-state index is 0.0145. The van der Waals surface area contributed by atoms with Crippen molar-refractivity contribution in [1.29, 1.82) is 0 Å². The molecule has 0 radical (unpaired) electrons. The molecule has 1 heterocycles. The van der Waals surface area contributed by atoms with Crippen LogP contribution in [0.5, 0.6) is 0 Å². The standard InChI is InChI=1S/C7H9F3O3S/c1-4-3-12-5(2)6(4)13-14(11)7(8,9)10/h5H,3H2,1-2H3. The normalized spacial score (nSPS) is 25.4.